The average Bonchev–Trinajstić information content (AvgIpc) is 2.30. The van der Waals surface area contributed by atoms with Gasteiger partial charge in [-0.05, 0) is 17.5 Å². The Morgan fingerprint density at radius 1 is 1.25 bits per heavy atom. The molecular formula is C12H13NO3. The summed E-state index contributed by atoms with van der Waals surface area (Å²) in [5.41, 5.74) is 7.49. The number of rotatable bonds is 5. The smallest absolute Gasteiger partial charge is 0.303 e. The minimum Gasteiger partial charge on any atom is -0.481 e. The lowest BCUT2D eigenvalue weighted by atomic mass is 10.0. The first-order valence-corrected chi connectivity index (χ1v) is 4.92. The molecule has 0 bridgehead atoms. The van der Waals surface area contributed by atoms with E-state index in [1.807, 2.05) is 12.1 Å². The molecule has 0 aliphatic carbocycles. The second-order valence-electron chi connectivity index (χ2n) is 3.38. The Labute approximate surface area is 93.4 Å². The molecule has 0 spiro atoms. The molecule has 0 fully saturated rings. The largest absolute Gasteiger partial charge is 0.481 e. The van der Waals surface area contributed by atoms with Crippen molar-refractivity contribution in [1.29, 1.82) is 0 Å². The normalized spacial score (nSPS) is 9.56. The molecule has 1 aromatic carbocycles. The zero-order valence-corrected chi connectivity index (χ0v) is 8.77. The highest BCUT2D eigenvalue weighted by Crippen LogP contribution is 2.17. The average molecular weight is 219 g/mol. The second kappa shape index (κ2) is 5.85. The van der Waals surface area contributed by atoms with E-state index in [4.69, 9.17) is 10.8 Å². The highest BCUT2D eigenvalue weighted by atomic mass is 16.4. The monoisotopic (exact) mass is 219 g/mol. The molecule has 0 unspecified atom stereocenters. The molecule has 4 nitrogen and oxygen atoms in total. The molecule has 0 saturated heterocycles. The van der Waals surface area contributed by atoms with Gasteiger partial charge in [0.25, 0.3) is 0 Å². The molecule has 1 aromatic rings. The number of carbonyl (C=O) groups is 1. The van der Waals surface area contributed by atoms with Gasteiger partial charge in [-0.25, -0.2) is 4.79 Å². The summed E-state index contributed by atoms with van der Waals surface area (Å²) >= 11 is 0. The van der Waals surface area contributed by atoms with E-state index in [-0.39, 0.29) is 12.8 Å². The third-order valence-electron chi connectivity index (χ3n) is 2.25. The molecule has 4 heteroatoms. The summed E-state index contributed by atoms with van der Waals surface area (Å²) in [6, 6.07) is 7.13. The van der Waals surface area contributed by atoms with Crippen LogP contribution in [0.2, 0.25) is 0 Å². The quantitative estimate of drug-likeness (QED) is 0.730. The highest BCUT2D eigenvalue weighted by molar-refractivity contribution is 5.88. The molecule has 84 valence electrons. The van der Waals surface area contributed by atoms with Crippen LogP contribution >= 0.6 is 0 Å². The van der Waals surface area contributed by atoms with Crippen LogP contribution in [0.3, 0.4) is 0 Å². The third kappa shape index (κ3) is 3.35. The Balaban J connectivity index is 2.80. The van der Waals surface area contributed by atoms with Crippen molar-refractivity contribution in [3.05, 3.63) is 35.4 Å². The topological polar surface area (TPSA) is 80.4 Å². The summed E-state index contributed by atoms with van der Waals surface area (Å²) in [7, 11) is 0. The molecular weight excluding hydrogens is 206 g/mol. The van der Waals surface area contributed by atoms with Crippen LogP contribution in [0.15, 0.2) is 24.3 Å². The number of aliphatic carboxylic acids is 1. The first kappa shape index (κ1) is 12.2. The first-order valence-electron chi connectivity index (χ1n) is 4.92. The standard InChI is InChI=1S/C12H13NO3/c13-7-9-1-3-10(4-2-9)11(8-14)5-6-12(15)16/h1-4H,5-7,13H2,(H,15,16). The number of allylic oxidation sites excluding steroid dienone is 1. The SMILES string of the molecule is NCc1ccc(C(=C=O)CCC(=O)O)cc1. The van der Waals surface area contributed by atoms with Crippen LogP contribution in [0.5, 0.6) is 0 Å². The summed E-state index contributed by atoms with van der Waals surface area (Å²) < 4.78 is 0. The third-order valence-corrected chi connectivity index (χ3v) is 2.25. The molecule has 0 amide bonds. The Kier molecular flexibility index (Phi) is 4.45. The van der Waals surface area contributed by atoms with Crippen molar-refractivity contribution in [2.75, 3.05) is 0 Å². The van der Waals surface area contributed by atoms with Crippen molar-refractivity contribution < 1.29 is 14.7 Å². The van der Waals surface area contributed by atoms with Gasteiger partial charge in [0.15, 0.2) is 0 Å². The predicted molar refractivity (Wildman–Crippen MR) is 60.3 cm³/mol. The maximum absolute atomic E-state index is 10.7. The highest BCUT2D eigenvalue weighted by Gasteiger charge is 2.05. The zero-order valence-electron chi connectivity index (χ0n) is 8.77. The van der Waals surface area contributed by atoms with Crippen LogP contribution < -0.4 is 5.73 Å². The van der Waals surface area contributed by atoms with Gasteiger partial charge in [-0.2, -0.15) is 0 Å². The predicted octanol–water partition coefficient (Wildman–Crippen LogP) is 1.23. The summed E-state index contributed by atoms with van der Waals surface area (Å²) in [5, 5.41) is 8.53. The molecule has 1 rings (SSSR count). The van der Waals surface area contributed by atoms with E-state index < -0.39 is 5.97 Å². The van der Waals surface area contributed by atoms with Crippen molar-refractivity contribution >= 4 is 17.5 Å². The molecule has 16 heavy (non-hydrogen) atoms. The van der Waals surface area contributed by atoms with Crippen LogP contribution in [0.1, 0.15) is 24.0 Å². The van der Waals surface area contributed by atoms with E-state index in [0.29, 0.717) is 17.7 Å². The summed E-state index contributed by atoms with van der Waals surface area (Å²) in [6.07, 6.45) is 0.129. The van der Waals surface area contributed by atoms with E-state index >= 15 is 0 Å². The number of benzene rings is 1. The molecule has 0 aliphatic rings. The fourth-order valence-corrected chi connectivity index (χ4v) is 1.33. The number of carboxylic acids is 1. The van der Waals surface area contributed by atoms with Gasteiger partial charge in [0.1, 0.15) is 5.94 Å². The Hall–Kier alpha value is -1.90. The van der Waals surface area contributed by atoms with E-state index in [9.17, 15) is 9.59 Å². The summed E-state index contributed by atoms with van der Waals surface area (Å²) in [5.74, 6) is 0.859. The Bertz CT molecular complexity index is 416. The second-order valence-corrected chi connectivity index (χ2v) is 3.38. The van der Waals surface area contributed by atoms with Crippen molar-refractivity contribution in [2.45, 2.75) is 19.4 Å². The van der Waals surface area contributed by atoms with Gasteiger partial charge in [-0.1, -0.05) is 24.3 Å². The molecule has 3 N–H and O–H groups in total. The fourth-order valence-electron chi connectivity index (χ4n) is 1.33. The maximum atomic E-state index is 10.7. The molecule has 0 aliphatic heterocycles. The lowest BCUT2D eigenvalue weighted by Crippen LogP contribution is -1.98. The van der Waals surface area contributed by atoms with Gasteiger partial charge in [0.2, 0.25) is 0 Å². The minimum atomic E-state index is -0.925. The van der Waals surface area contributed by atoms with Crippen molar-refractivity contribution in [3.8, 4) is 0 Å². The van der Waals surface area contributed by atoms with Crippen molar-refractivity contribution in [1.82, 2.24) is 0 Å². The molecule has 0 saturated carbocycles. The van der Waals surface area contributed by atoms with Crippen LogP contribution in [0, 0.1) is 0 Å². The van der Waals surface area contributed by atoms with Crippen LogP contribution in [-0.4, -0.2) is 17.0 Å². The molecule has 0 atom stereocenters. The van der Waals surface area contributed by atoms with Gasteiger partial charge in [0.05, 0.1) is 6.42 Å². The molecule has 0 radical (unpaired) electrons. The molecule has 0 heterocycles. The van der Waals surface area contributed by atoms with Crippen LogP contribution in [0.25, 0.3) is 5.57 Å². The van der Waals surface area contributed by atoms with Gasteiger partial charge in [-0.15, -0.1) is 0 Å². The Morgan fingerprint density at radius 2 is 1.88 bits per heavy atom. The maximum Gasteiger partial charge on any atom is 0.303 e. The van der Waals surface area contributed by atoms with Gasteiger partial charge < -0.3 is 10.8 Å². The van der Waals surface area contributed by atoms with E-state index in [1.165, 1.54) is 0 Å². The lowest BCUT2D eigenvalue weighted by Gasteiger charge is -2.03. The van der Waals surface area contributed by atoms with E-state index in [0.717, 1.165) is 5.56 Å². The number of carbonyl (C=O) groups excluding carboxylic acids is 1. The van der Waals surface area contributed by atoms with Crippen molar-refractivity contribution in [2.24, 2.45) is 5.73 Å². The number of hydrogen-bond donors (Lipinski definition) is 2. The Morgan fingerprint density at radius 3 is 2.31 bits per heavy atom. The fraction of sp³-hybridized carbons (Fsp3) is 0.250. The number of nitrogens with two attached hydrogens (primary N) is 1. The van der Waals surface area contributed by atoms with Gasteiger partial charge in [-0.3, -0.25) is 4.79 Å². The van der Waals surface area contributed by atoms with Crippen LogP contribution in [-0.2, 0) is 16.1 Å². The number of carboxylic acid groups (broad SMARTS) is 1. The summed E-state index contributed by atoms with van der Waals surface area (Å²) in [6.45, 7) is 0.440. The first-order chi connectivity index (χ1) is 7.67. The van der Waals surface area contributed by atoms with E-state index in [2.05, 4.69) is 0 Å². The molecule has 0 aromatic heterocycles. The minimum absolute atomic E-state index is 0.0663. The van der Waals surface area contributed by atoms with Gasteiger partial charge >= 0.3 is 5.97 Å². The summed E-state index contributed by atoms with van der Waals surface area (Å²) in [4.78, 5) is 21.1. The number of hydrogen-bond acceptors (Lipinski definition) is 3. The van der Waals surface area contributed by atoms with Gasteiger partial charge in [0, 0.05) is 12.1 Å². The van der Waals surface area contributed by atoms with Crippen LogP contribution in [0.4, 0.5) is 0 Å². The zero-order chi connectivity index (χ0) is 12.0. The van der Waals surface area contributed by atoms with E-state index in [1.54, 1.807) is 18.1 Å². The lowest BCUT2D eigenvalue weighted by molar-refractivity contribution is -0.136. The van der Waals surface area contributed by atoms with Crippen molar-refractivity contribution in [3.63, 3.8) is 0 Å².